The second kappa shape index (κ2) is 9.62. The second-order valence-corrected chi connectivity index (χ2v) is 6.37. The van der Waals surface area contributed by atoms with Gasteiger partial charge in [-0.1, -0.05) is 23.2 Å². The van der Waals surface area contributed by atoms with Gasteiger partial charge in [-0.15, -0.1) is 0 Å². The number of nitrogens with zero attached hydrogens (tertiary/aromatic N) is 2. The van der Waals surface area contributed by atoms with E-state index in [1.54, 1.807) is 28.4 Å². The van der Waals surface area contributed by atoms with Crippen LogP contribution < -0.4 is 24.8 Å². The van der Waals surface area contributed by atoms with E-state index in [1.165, 1.54) is 0 Å². The molecule has 2 N–H and O–H groups in total. The van der Waals surface area contributed by atoms with Crippen LogP contribution >= 0.6 is 23.2 Å². The van der Waals surface area contributed by atoms with E-state index in [9.17, 15) is 0 Å². The first kappa shape index (κ1) is 21.1. The van der Waals surface area contributed by atoms with Crippen molar-refractivity contribution < 1.29 is 14.2 Å². The molecule has 0 saturated heterocycles. The first-order valence-electron chi connectivity index (χ1n) is 8.18. The number of rotatable bonds is 7. The Morgan fingerprint density at radius 2 is 1.70 bits per heavy atom. The maximum Gasteiger partial charge on any atom is 0.203 e. The van der Waals surface area contributed by atoms with Crippen LogP contribution in [-0.2, 0) is 20.1 Å². The van der Waals surface area contributed by atoms with Crippen LogP contribution in [0, 0.1) is 0 Å². The Balaban J connectivity index is 2.07. The molecule has 0 amide bonds. The molecule has 2 aromatic rings. The zero-order valence-corrected chi connectivity index (χ0v) is 17.5. The lowest BCUT2D eigenvalue weighted by atomic mass is 10.1. The van der Waals surface area contributed by atoms with E-state index in [-0.39, 0.29) is 0 Å². The van der Waals surface area contributed by atoms with Gasteiger partial charge in [-0.05, 0) is 18.2 Å². The lowest BCUT2D eigenvalue weighted by Gasteiger charge is -2.17. The summed E-state index contributed by atoms with van der Waals surface area (Å²) in [7, 11) is 8.32. The molecule has 1 heterocycles. The van der Waals surface area contributed by atoms with Crippen molar-refractivity contribution in [2.24, 2.45) is 12.0 Å². The number of halogens is 2. The van der Waals surface area contributed by atoms with Crippen LogP contribution in [0.4, 0.5) is 0 Å². The third-order valence-electron chi connectivity index (χ3n) is 4.11. The highest BCUT2D eigenvalue weighted by molar-refractivity contribution is 6.41. The largest absolute Gasteiger partial charge is 0.493 e. The molecule has 0 aliphatic heterocycles. The molecule has 1 aromatic carbocycles. The van der Waals surface area contributed by atoms with Gasteiger partial charge in [-0.2, -0.15) is 0 Å². The van der Waals surface area contributed by atoms with Gasteiger partial charge in [0.2, 0.25) is 5.75 Å². The van der Waals surface area contributed by atoms with Crippen LogP contribution in [0.3, 0.4) is 0 Å². The van der Waals surface area contributed by atoms with Gasteiger partial charge in [0.05, 0.1) is 32.9 Å². The zero-order valence-electron chi connectivity index (χ0n) is 16.0. The minimum Gasteiger partial charge on any atom is -0.493 e. The average molecular weight is 415 g/mol. The highest BCUT2D eigenvalue weighted by Crippen LogP contribution is 2.39. The number of aromatic nitrogens is 1. The van der Waals surface area contributed by atoms with E-state index >= 15 is 0 Å². The van der Waals surface area contributed by atoms with Gasteiger partial charge in [-0.25, -0.2) is 0 Å². The molecule has 9 heteroatoms. The van der Waals surface area contributed by atoms with Crippen LogP contribution in [0.15, 0.2) is 23.2 Å². The molecule has 27 heavy (non-hydrogen) atoms. The SMILES string of the molecule is CN=C(NCc1ccc(OC)c(OC)c1OC)NCc1cc(Cl)c(Cl)n1C. The number of guanidine groups is 1. The third-order valence-corrected chi connectivity index (χ3v) is 4.95. The number of nitrogens with one attached hydrogen (secondary N) is 2. The monoisotopic (exact) mass is 414 g/mol. The number of aliphatic imine (C=N–C) groups is 1. The smallest absolute Gasteiger partial charge is 0.203 e. The molecular formula is C18H24Cl2N4O3. The molecule has 7 nitrogen and oxygen atoms in total. The molecule has 0 spiro atoms. The quantitative estimate of drug-likeness (QED) is 0.537. The fourth-order valence-corrected chi connectivity index (χ4v) is 3.05. The number of benzene rings is 1. The molecular weight excluding hydrogens is 391 g/mol. The van der Waals surface area contributed by atoms with E-state index in [1.807, 2.05) is 29.8 Å². The Morgan fingerprint density at radius 1 is 1.04 bits per heavy atom. The molecule has 0 saturated carbocycles. The molecule has 0 fully saturated rings. The lowest BCUT2D eigenvalue weighted by Crippen LogP contribution is -2.36. The van der Waals surface area contributed by atoms with Crippen LogP contribution in [-0.4, -0.2) is 38.9 Å². The predicted molar refractivity (Wildman–Crippen MR) is 109 cm³/mol. The van der Waals surface area contributed by atoms with E-state index in [2.05, 4.69) is 15.6 Å². The number of methoxy groups -OCH3 is 3. The highest BCUT2D eigenvalue weighted by Gasteiger charge is 2.16. The Kier molecular flexibility index (Phi) is 7.50. The van der Waals surface area contributed by atoms with Crippen molar-refractivity contribution in [1.82, 2.24) is 15.2 Å². The van der Waals surface area contributed by atoms with Crippen LogP contribution in [0.2, 0.25) is 10.2 Å². The van der Waals surface area contributed by atoms with Gasteiger partial charge >= 0.3 is 0 Å². The summed E-state index contributed by atoms with van der Waals surface area (Å²) in [6, 6.07) is 5.57. The Hall–Kier alpha value is -2.25. The number of hydrogen-bond donors (Lipinski definition) is 2. The summed E-state index contributed by atoms with van der Waals surface area (Å²) in [4.78, 5) is 4.23. The van der Waals surface area contributed by atoms with Crippen molar-refractivity contribution in [2.75, 3.05) is 28.4 Å². The standard InChI is InChI=1S/C18H24Cl2N4O3/c1-21-18(23-10-12-8-13(19)17(20)24(12)2)22-9-11-6-7-14(25-3)16(27-5)15(11)26-4/h6-8H,9-10H2,1-5H3,(H2,21,22,23). The van der Waals surface area contributed by atoms with Gasteiger partial charge < -0.3 is 29.4 Å². The topological polar surface area (TPSA) is 69.0 Å². The molecule has 0 aliphatic carbocycles. The zero-order chi connectivity index (χ0) is 20.0. The maximum atomic E-state index is 6.10. The summed E-state index contributed by atoms with van der Waals surface area (Å²) in [5.74, 6) is 2.40. The molecule has 0 aliphatic rings. The summed E-state index contributed by atoms with van der Waals surface area (Å²) in [6.07, 6.45) is 0. The van der Waals surface area contributed by atoms with Gasteiger partial charge in [0.1, 0.15) is 5.15 Å². The van der Waals surface area contributed by atoms with Gasteiger partial charge in [-0.3, -0.25) is 4.99 Å². The predicted octanol–water partition coefficient (Wildman–Crippen LogP) is 3.22. The molecule has 0 unspecified atom stereocenters. The summed E-state index contributed by atoms with van der Waals surface area (Å²) >= 11 is 12.1. The van der Waals surface area contributed by atoms with Crippen molar-refractivity contribution in [3.8, 4) is 17.2 Å². The number of ether oxygens (including phenoxy) is 3. The Morgan fingerprint density at radius 3 is 2.22 bits per heavy atom. The van der Waals surface area contributed by atoms with Crippen molar-refractivity contribution in [1.29, 1.82) is 0 Å². The summed E-state index contributed by atoms with van der Waals surface area (Å²) in [5, 5.41) is 7.51. The van der Waals surface area contributed by atoms with E-state index in [0.717, 1.165) is 11.3 Å². The molecule has 2 rings (SSSR count). The minimum absolute atomic E-state index is 0.484. The minimum atomic E-state index is 0.484. The van der Waals surface area contributed by atoms with E-state index in [0.29, 0.717) is 46.5 Å². The van der Waals surface area contributed by atoms with Crippen molar-refractivity contribution in [2.45, 2.75) is 13.1 Å². The highest BCUT2D eigenvalue weighted by atomic mass is 35.5. The maximum absolute atomic E-state index is 6.10. The second-order valence-electron chi connectivity index (χ2n) is 5.61. The molecule has 1 aromatic heterocycles. The lowest BCUT2D eigenvalue weighted by molar-refractivity contribution is 0.322. The third kappa shape index (κ3) is 4.73. The normalized spacial score (nSPS) is 11.3. The molecule has 0 radical (unpaired) electrons. The van der Waals surface area contributed by atoms with Gasteiger partial charge in [0.25, 0.3) is 0 Å². The molecule has 0 bridgehead atoms. The number of hydrogen-bond acceptors (Lipinski definition) is 4. The summed E-state index contributed by atoms with van der Waals surface area (Å²) < 4.78 is 18.0. The van der Waals surface area contributed by atoms with Gasteiger partial charge in [0.15, 0.2) is 17.5 Å². The van der Waals surface area contributed by atoms with Crippen molar-refractivity contribution in [3.05, 3.63) is 39.6 Å². The van der Waals surface area contributed by atoms with Crippen LogP contribution in [0.1, 0.15) is 11.3 Å². The van der Waals surface area contributed by atoms with Crippen molar-refractivity contribution in [3.63, 3.8) is 0 Å². The summed E-state index contributed by atoms with van der Waals surface area (Å²) in [6.45, 7) is 1.00. The van der Waals surface area contributed by atoms with Gasteiger partial charge in [0, 0.05) is 31.9 Å². The Labute approximate surface area is 169 Å². The molecule has 0 atom stereocenters. The fraction of sp³-hybridized carbons (Fsp3) is 0.389. The summed E-state index contributed by atoms with van der Waals surface area (Å²) in [5.41, 5.74) is 1.85. The van der Waals surface area contributed by atoms with E-state index < -0.39 is 0 Å². The van der Waals surface area contributed by atoms with Crippen molar-refractivity contribution >= 4 is 29.2 Å². The molecule has 148 valence electrons. The first-order chi connectivity index (χ1) is 13.0. The fourth-order valence-electron chi connectivity index (χ4n) is 2.63. The average Bonchev–Trinajstić information content (AvgIpc) is 2.93. The van der Waals surface area contributed by atoms with Crippen LogP contribution in [0.5, 0.6) is 17.2 Å². The Bertz CT molecular complexity index is 821. The van der Waals surface area contributed by atoms with Crippen LogP contribution in [0.25, 0.3) is 0 Å². The first-order valence-corrected chi connectivity index (χ1v) is 8.94. The van der Waals surface area contributed by atoms with E-state index in [4.69, 9.17) is 37.4 Å².